The van der Waals surface area contributed by atoms with Crippen molar-refractivity contribution >= 4 is 16.0 Å². The Bertz CT molecular complexity index is 675. The van der Waals surface area contributed by atoms with Gasteiger partial charge in [0.25, 0.3) is 0 Å². The van der Waals surface area contributed by atoms with Crippen LogP contribution in [0.2, 0.25) is 0 Å². The number of hydrogen-bond donors (Lipinski definition) is 2. The van der Waals surface area contributed by atoms with Crippen LogP contribution in [0.4, 0.5) is 0 Å². The molecule has 0 saturated carbocycles. The lowest BCUT2D eigenvalue weighted by atomic mass is 10.1. The summed E-state index contributed by atoms with van der Waals surface area (Å²) in [6.07, 6.45) is 0.610. The van der Waals surface area contributed by atoms with E-state index in [9.17, 15) is 13.2 Å². The molecule has 7 nitrogen and oxygen atoms in total. The zero-order chi connectivity index (χ0) is 17.6. The first kappa shape index (κ1) is 18.7. The minimum atomic E-state index is -3.58. The fourth-order valence-corrected chi connectivity index (χ4v) is 3.50. The molecule has 0 spiro atoms. The summed E-state index contributed by atoms with van der Waals surface area (Å²) in [5.74, 6) is 0.0925. The third-order valence-corrected chi connectivity index (χ3v) is 5.05. The van der Waals surface area contributed by atoms with E-state index in [0.717, 1.165) is 13.0 Å². The number of rotatable bonds is 9. The summed E-state index contributed by atoms with van der Waals surface area (Å²) < 4.78 is 37.6. The second-order valence-electron chi connectivity index (χ2n) is 5.48. The number of sulfonamides is 1. The van der Waals surface area contributed by atoms with Gasteiger partial charge >= 0.3 is 5.97 Å². The third-order valence-electron chi connectivity index (χ3n) is 3.59. The molecule has 1 unspecified atom stereocenters. The van der Waals surface area contributed by atoms with Gasteiger partial charge in [-0.05, 0) is 43.7 Å². The minimum Gasteiger partial charge on any atom is -0.478 e. The molecule has 0 radical (unpaired) electrons. The van der Waals surface area contributed by atoms with Crippen molar-refractivity contribution in [2.75, 3.05) is 26.2 Å². The normalized spacial score (nSPS) is 16.5. The standard InChI is InChI=1S/C16H24N2O5S/c1-3-7-17-8-9-18-24(20,21)13-5-6-14-12(10-13)11-15(23-14)16(19)22-4-2/h5-6,10,15,17-18H,3-4,7-9,11H2,1-2H3. The maximum absolute atomic E-state index is 12.3. The molecule has 0 amide bonds. The molecular formula is C16H24N2O5S. The number of esters is 1. The molecule has 1 aromatic rings. The molecule has 134 valence electrons. The molecule has 1 aromatic carbocycles. The summed E-state index contributed by atoms with van der Waals surface area (Å²) in [5, 5.41) is 3.13. The van der Waals surface area contributed by atoms with Gasteiger partial charge in [0.15, 0.2) is 6.10 Å². The molecule has 2 N–H and O–H groups in total. The molecule has 1 atom stereocenters. The van der Waals surface area contributed by atoms with Crippen molar-refractivity contribution in [3.05, 3.63) is 23.8 Å². The molecule has 0 saturated heterocycles. The average molecular weight is 356 g/mol. The van der Waals surface area contributed by atoms with Gasteiger partial charge in [0.1, 0.15) is 5.75 Å². The van der Waals surface area contributed by atoms with E-state index in [0.29, 0.717) is 30.8 Å². The summed E-state index contributed by atoms with van der Waals surface area (Å²) in [6, 6.07) is 4.61. The van der Waals surface area contributed by atoms with Crippen LogP contribution in [0.3, 0.4) is 0 Å². The van der Waals surface area contributed by atoms with Crippen molar-refractivity contribution in [2.24, 2.45) is 0 Å². The van der Waals surface area contributed by atoms with Crippen LogP contribution in [0.5, 0.6) is 5.75 Å². The van der Waals surface area contributed by atoms with Crippen molar-refractivity contribution in [3.8, 4) is 5.75 Å². The van der Waals surface area contributed by atoms with Crippen molar-refractivity contribution < 1.29 is 22.7 Å². The summed E-state index contributed by atoms with van der Waals surface area (Å²) in [5.41, 5.74) is 0.694. The number of nitrogens with one attached hydrogen (secondary N) is 2. The summed E-state index contributed by atoms with van der Waals surface area (Å²) >= 11 is 0. The van der Waals surface area contributed by atoms with E-state index >= 15 is 0 Å². The Kier molecular flexibility index (Phi) is 6.59. The Hall–Kier alpha value is -1.64. The fourth-order valence-electron chi connectivity index (χ4n) is 2.42. The van der Waals surface area contributed by atoms with E-state index in [1.807, 2.05) is 6.92 Å². The molecule has 2 rings (SSSR count). The van der Waals surface area contributed by atoms with Crippen LogP contribution >= 0.6 is 0 Å². The molecule has 0 aromatic heterocycles. The largest absolute Gasteiger partial charge is 0.478 e. The number of hydrogen-bond acceptors (Lipinski definition) is 6. The highest BCUT2D eigenvalue weighted by Crippen LogP contribution is 2.31. The van der Waals surface area contributed by atoms with Crippen molar-refractivity contribution in [2.45, 2.75) is 37.7 Å². The van der Waals surface area contributed by atoms with Crippen LogP contribution in [0.1, 0.15) is 25.8 Å². The quantitative estimate of drug-likeness (QED) is 0.503. The second kappa shape index (κ2) is 8.46. The molecule has 8 heteroatoms. The SMILES string of the molecule is CCCNCCNS(=O)(=O)c1ccc2c(c1)CC(C(=O)OCC)O2. The zero-order valence-electron chi connectivity index (χ0n) is 14.0. The van der Waals surface area contributed by atoms with Crippen molar-refractivity contribution in [3.63, 3.8) is 0 Å². The average Bonchev–Trinajstić information content (AvgIpc) is 2.98. The summed E-state index contributed by atoms with van der Waals surface area (Å²) in [4.78, 5) is 11.9. The molecule has 1 heterocycles. The highest BCUT2D eigenvalue weighted by Gasteiger charge is 2.31. The smallest absolute Gasteiger partial charge is 0.347 e. The number of fused-ring (bicyclic) bond motifs is 1. The molecule has 1 aliphatic rings. The van der Waals surface area contributed by atoms with E-state index in [4.69, 9.17) is 9.47 Å². The molecule has 24 heavy (non-hydrogen) atoms. The van der Waals surface area contributed by atoms with Gasteiger partial charge in [-0.1, -0.05) is 6.92 Å². The van der Waals surface area contributed by atoms with E-state index in [1.54, 1.807) is 19.1 Å². The Morgan fingerprint density at radius 2 is 2.08 bits per heavy atom. The lowest BCUT2D eigenvalue weighted by Gasteiger charge is -2.09. The van der Waals surface area contributed by atoms with Gasteiger partial charge in [-0.15, -0.1) is 0 Å². The maximum atomic E-state index is 12.3. The number of ether oxygens (including phenoxy) is 2. The topological polar surface area (TPSA) is 93.7 Å². The first-order valence-corrected chi connectivity index (χ1v) is 9.62. The molecule has 0 fully saturated rings. The van der Waals surface area contributed by atoms with Crippen molar-refractivity contribution in [1.29, 1.82) is 0 Å². The van der Waals surface area contributed by atoms with Gasteiger partial charge in [-0.3, -0.25) is 0 Å². The van der Waals surface area contributed by atoms with Crippen LogP contribution in [-0.2, 0) is 26.0 Å². The highest BCUT2D eigenvalue weighted by molar-refractivity contribution is 7.89. The summed E-state index contributed by atoms with van der Waals surface area (Å²) in [7, 11) is -3.58. The Balaban J connectivity index is 1.99. The van der Waals surface area contributed by atoms with Crippen LogP contribution in [0.15, 0.2) is 23.1 Å². The lowest BCUT2D eigenvalue weighted by molar-refractivity contribution is -0.150. The fraction of sp³-hybridized carbons (Fsp3) is 0.562. The van der Waals surface area contributed by atoms with E-state index in [2.05, 4.69) is 10.0 Å². The number of carbonyl (C=O) groups excluding carboxylic acids is 1. The van der Waals surface area contributed by atoms with E-state index in [1.165, 1.54) is 6.07 Å². The first-order valence-electron chi connectivity index (χ1n) is 8.14. The molecular weight excluding hydrogens is 332 g/mol. The zero-order valence-corrected chi connectivity index (χ0v) is 14.8. The minimum absolute atomic E-state index is 0.171. The maximum Gasteiger partial charge on any atom is 0.347 e. The van der Waals surface area contributed by atoms with Gasteiger partial charge in [-0.2, -0.15) is 0 Å². The van der Waals surface area contributed by atoms with Crippen LogP contribution in [-0.4, -0.2) is 46.7 Å². The Labute approximate surface area is 142 Å². The molecule has 0 bridgehead atoms. The van der Waals surface area contributed by atoms with E-state index in [-0.39, 0.29) is 11.5 Å². The number of benzene rings is 1. The first-order chi connectivity index (χ1) is 11.5. The van der Waals surface area contributed by atoms with Gasteiger partial charge in [0, 0.05) is 19.5 Å². The molecule has 1 aliphatic heterocycles. The lowest BCUT2D eigenvalue weighted by Crippen LogP contribution is -2.32. The number of carbonyl (C=O) groups is 1. The van der Waals surface area contributed by atoms with Crippen LogP contribution < -0.4 is 14.8 Å². The van der Waals surface area contributed by atoms with Gasteiger partial charge < -0.3 is 14.8 Å². The third kappa shape index (κ3) is 4.68. The van der Waals surface area contributed by atoms with Crippen molar-refractivity contribution in [1.82, 2.24) is 10.0 Å². The Morgan fingerprint density at radius 3 is 2.79 bits per heavy atom. The predicted molar refractivity (Wildman–Crippen MR) is 89.5 cm³/mol. The Morgan fingerprint density at radius 1 is 1.29 bits per heavy atom. The van der Waals surface area contributed by atoms with E-state index < -0.39 is 22.1 Å². The van der Waals surface area contributed by atoms with Crippen LogP contribution in [0, 0.1) is 0 Å². The molecule has 0 aliphatic carbocycles. The second-order valence-corrected chi connectivity index (χ2v) is 7.25. The van der Waals surface area contributed by atoms with Gasteiger partial charge in [0.05, 0.1) is 11.5 Å². The predicted octanol–water partition coefficient (Wildman–Crippen LogP) is 0.831. The highest BCUT2D eigenvalue weighted by atomic mass is 32.2. The van der Waals surface area contributed by atoms with Gasteiger partial charge in [0.2, 0.25) is 10.0 Å². The monoisotopic (exact) mass is 356 g/mol. The van der Waals surface area contributed by atoms with Gasteiger partial charge in [-0.25, -0.2) is 17.9 Å². The summed E-state index contributed by atoms with van der Waals surface area (Å²) in [6.45, 7) is 5.81. The van der Waals surface area contributed by atoms with Crippen LogP contribution in [0.25, 0.3) is 0 Å².